The van der Waals surface area contributed by atoms with Gasteiger partial charge in [0.2, 0.25) is 5.95 Å². The Bertz CT molecular complexity index is 1720. The maximum Gasteiger partial charge on any atom is 0.227 e. The molecule has 4 aromatic rings. The number of nitrogens with zero attached hydrogens (tertiary/aromatic N) is 5. The zero-order valence-corrected chi connectivity index (χ0v) is 23.9. The monoisotopic (exact) mass is 598 g/mol. The van der Waals surface area contributed by atoms with E-state index >= 15 is 0 Å². The number of benzene rings is 3. The fourth-order valence-corrected chi connectivity index (χ4v) is 5.56. The van der Waals surface area contributed by atoms with Gasteiger partial charge in [0.15, 0.2) is 0 Å². The van der Waals surface area contributed by atoms with Crippen LogP contribution in [0.15, 0.2) is 81.9 Å². The number of rotatable bonds is 6. The lowest BCUT2D eigenvalue weighted by Gasteiger charge is -2.22. The van der Waals surface area contributed by atoms with Crippen LogP contribution in [0.4, 0.5) is 20.4 Å². The topological polar surface area (TPSA) is 127 Å². The van der Waals surface area contributed by atoms with Gasteiger partial charge < -0.3 is 16.9 Å². The highest BCUT2D eigenvalue weighted by molar-refractivity contribution is 6.38. The molecule has 1 fully saturated rings. The van der Waals surface area contributed by atoms with E-state index in [2.05, 4.69) is 25.4 Å². The van der Waals surface area contributed by atoms with Gasteiger partial charge in [-0.3, -0.25) is 9.98 Å². The van der Waals surface area contributed by atoms with Crippen molar-refractivity contribution >= 4 is 40.9 Å². The maximum absolute atomic E-state index is 14.8. The second-order valence-electron chi connectivity index (χ2n) is 10.6. The summed E-state index contributed by atoms with van der Waals surface area (Å²) in [6.07, 6.45) is 7.26. The molecule has 2 heterocycles. The molecular weight excluding hydrogens is 570 g/mol. The fraction of sp³-hybridized carbons (Fsp3) is 0.219. The lowest BCUT2D eigenvalue weighted by atomic mass is 9.92. The van der Waals surface area contributed by atoms with Crippen LogP contribution in [0, 0.1) is 11.6 Å². The number of anilines is 2. The van der Waals surface area contributed by atoms with Crippen molar-refractivity contribution < 1.29 is 8.78 Å². The van der Waals surface area contributed by atoms with Gasteiger partial charge in [-0.15, -0.1) is 0 Å². The third kappa shape index (κ3) is 6.16. The average Bonchev–Trinajstić information content (AvgIpc) is 3.15. The fourth-order valence-electron chi connectivity index (χ4n) is 5.38. The minimum Gasteiger partial charge on any atom is -0.328 e. The molecule has 0 amide bonds. The van der Waals surface area contributed by atoms with Crippen molar-refractivity contribution in [3.05, 3.63) is 106 Å². The predicted molar refractivity (Wildman–Crippen MR) is 167 cm³/mol. The van der Waals surface area contributed by atoms with Crippen LogP contribution in [0.2, 0.25) is 5.02 Å². The highest BCUT2D eigenvalue weighted by Gasteiger charge is 2.25. The molecule has 11 heteroatoms. The minimum absolute atomic E-state index is 0.135. The van der Waals surface area contributed by atoms with E-state index in [1.165, 1.54) is 18.2 Å². The lowest BCUT2D eigenvalue weighted by Crippen LogP contribution is -2.28. The largest absolute Gasteiger partial charge is 0.328 e. The summed E-state index contributed by atoms with van der Waals surface area (Å²) in [6, 6.07) is 16.9. The van der Waals surface area contributed by atoms with Gasteiger partial charge in [-0.25, -0.2) is 18.7 Å². The number of nitrogens with one attached hydrogen (secondary N) is 1. The SMILES string of the molecule is NN=C(C=NC1CCC(N)CC1)c1ccc(Nc2ncc3c(n2)-c2ccc(Cl)cc2C(c2c(F)cccc2F)=NC3)cc1. The molecule has 0 spiro atoms. The van der Waals surface area contributed by atoms with E-state index in [1.807, 2.05) is 24.3 Å². The first-order valence-electron chi connectivity index (χ1n) is 14.0. The Hall–Kier alpha value is -4.54. The first kappa shape index (κ1) is 28.6. The van der Waals surface area contributed by atoms with Gasteiger partial charge in [-0.1, -0.05) is 35.9 Å². The molecule has 1 aliphatic heterocycles. The number of hydrogen-bond donors (Lipinski definition) is 3. The van der Waals surface area contributed by atoms with Gasteiger partial charge >= 0.3 is 0 Å². The Labute approximate surface area is 252 Å². The van der Waals surface area contributed by atoms with Crippen molar-refractivity contribution in [2.24, 2.45) is 26.7 Å². The summed E-state index contributed by atoms with van der Waals surface area (Å²) in [5.74, 6) is 4.60. The van der Waals surface area contributed by atoms with Gasteiger partial charge in [0.1, 0.15) is 17.3 Å². The number of fused-ring (bicyclic) bond motifs is 3. The number of hydrogen-bond acceptors (Lipinski definition) is 8. The van der Waals surface area contributed by atoms with Gasteiger partial charge in [0, 0.05) is 51.4 Å². The normalized spacial score (nSPS) is 18.5. The number of nitrogens with two attached hydrogens (primary N) is 2. The van der Waals surface area contributed by atoms with E-state index in [4.69, 9.17) is 28.2 Å². The summed E-state index contributed by atoms with van der Waals surface area (Å²) in [7, 11) is 0. The highest BCUT2D eigenvalue weighted by Crippen LogP contribution is 2.35. The molecule has 8 nitrogen and oxygen atoms in total. The van der Waals surface area contributed by atoms with Crippen LogP contribution >= 0.6 is 11.6 Å². The zero-order chi connectivity index (χ0) is 29.9. The maximum atomic E-state index is 14.8. The molecule has 43 heavy (non-hydrogen) atoms. The van der Waals surface area contributed by atoms with Crippen LogP contribution in [0.5, 0.6) is 0 Å². The van der Waals surface area contributed by atoms with Crippen LogP contribution in [0.25, 0.3) is 11.3 Å². The Balaban J connectivity index is 1.25. The van der Waals surface area contributed by atoms with Gasteiger partial charge in [-0.2, -0.15) is 5.10 Å². The molecule has 5 N–H and O–H groups in total. The van der Waals surface area contributed by atoms with Crippen molar-refractivity contribution in [1.82, 2.24) is 9.97 Å². The van der Waals surface area contributed by atoms with Crippen molar-refractivity contribution in [3.8, 4) is 11.3 Å². The lowest BCUT2D eigenvalue weighted by molar-refractivity contribution is 0.397. The van der Waals surface area contributed by atoms with Gasteiger partial charge in [0.25, 0.3) is 0 Å². The highest BCUT2D eigenvalue weighted by atomic mass is 35.5. The predicted octanol–water partition coefficient (Wildman–Crippen LogP) is 6.17. The summed E-state index contributed by atoms with van der Waals surface area (Å²) in [4.78, 5) is 18.5. The summed E-state index contributed by atoms with van der Waals surface area (Å²) < 4.78 is 29.6. The molecule has 0 unspecified atom stereocenters. The number of aliphatic imine (C=N–C) groups is 2. The summed E-state index contributed by atoms with van der Waals surface area (Å²) in [5.41, 5.74) is 10.5. The van der Waals surface area contributed by atoms with Crippen LogP contribution in [0.3, 0.4) is 0 Å². The van der Waals surface area contributed by atoms with Crippen molar-refractivity contribution in [1.29, 1.82) is 0 Å². The van der Waals surface area contributed by atoms with Gasteiger partial charge in [-0.05, 0) is 62.1 Å². The van der Waals surface area contributed by atoms with Crippen LogP contribution in [-0.4, -0.2) is 39.7 Å². The summed E-state index contributed by atoms with van der Waals surface area (Å²) >= 11 is 6.32. The first-order valence-corrected chi connectivity index (χ1v) is 14.4. The van der Waals surface area contributed by atoms with E-state index in [1.54, 1.807) is 30.6 Å². The Kier molecular flexibility index (Phi) is 8.22. The van der Waals surface area contributed by atoms with E-state index in [9.17, 15) is 8.78 Å². The third-order valence-electron chi connectivity index (χ3n) is 7.69. The summed E-state index contributed by atoms with van der Waals surface area (Å²) in [5, 5.41) is 7.56. The standard InChI is InChI=1S/C32H29ClF2N8/c33-20-6-13-24-25(14-20)31(29-26(34)2-1-3-27(29)35)39-15-19-16-40-32(42-30(19)24)41-23-9-4-18(5-10-23)28(43-37)17-38-22-11-7-21(36)8-12-22/h1-6,9-10,13-14,16-17,21-22H,7-8,11-12,15,36-37H2,(H,40,41,42). The molecule has 6 rings (SSSR count). The molecule has 0 atom stereocenters. The first-order chi connectivity index (χ1) is 20.9. The van der Waals surface area contributed by atoms with Crippen LogP contribution < -0.4 is 16.9 Å². The molecule has 0 saturated heterocycles. The number of halogens is 3. The molecule has 1 saturated carbocycles. The summed E-state index contributed by atoms with van der Waals surface area (Å²) in [6.45, 7) is 0.135. The molecule has 1 aliphatic carbocycles. The molecule has 0 radical (unpaired) electrons. The van der Waals surface area contributed by atoms with Crippen LogP contribution in [-0.2, 0) is 6.54 Å². The second-order valence-corrected chi connectivity index (χ2v) is 11.0. The number of hydrazone groups is 1. The van der Waals surface area contributed by atoms with E-state index in [-0.39, 0.29) is 29.9 Å². The van der Waals surface area contributed by atoms with Crippen molar-refractivity contribution in [3.63, 3.8) is 0 Å². The second kappa shape index (κ2) is 12.4. The minimum atomic E-state index is -0.708. The Morgan fingerprint density at radius 1 is 0.977 bits per heavy atom. The Morgan fingerprint density at radius 3 is 2.44 bits per heavy atom. The molecule has 0 bridgehead atoms. The van der Waals surface area contributed by atoms with Crippen molar-refractivity contribution in [2.45, 2.75) is 44.3 Å². The molecule has 2 aliphatic rings. The number of aromatic nitrogens is 2. The average molecular weight is 599 g/mol. The van der Waals surface area contributed by atoms with E-state index < -0.39 is 11.6 Å². The smallest absolute Gasteiger partial charge is 0.227 e. The van der Waals surface area contributed by atoms with E-state index in [0.717, 1.165) is 36.9 Å². The van der Waals surface area contributed by atoms with Crippen molar-refractivity contribution in [2.75, 3.05) is 5.32 Å². The quantitative estimate of drug-likeness (QED) is 0.139. The van der Waals surface area contributed by atoms with Gasteiger partial charge in [0.05, 0.1) is 29.6 Å². The van der Waals surface area contributed by atoms with E-state index in [0.29, 0.717) is 39.1 Å². The zero-order valence-electron chi connectivity index (χ0n) is 23.1. The molecule has 218 valence electrons. The van der Waals surface area contributed by atoms with Crippen LogP contribution in [0.1, 0.15) is 47.9 Å². The Morgan fingerprint density at radius 2 is 1.72 bits per heavy atom. The third-order valence-corrected chi connectivity index (χ3v) is 7.92. The molecule has 3 aromatic carbocycles. The molecule has 1 aromatic heterocycles. The molecular formula is C32H29ClF2N8.